The van der Waals surface area contributed by atoms with Crippen LogP contribution in [0.15, 0.2) is 48.8 Å². The van der Waals surface area contributed by atoms with Crippen LogP contribution in [0.4, 0.5) is 10.8 Å². The van der Waals surface area contributed by atoms with Crippen molar-refractivity contribution in [1.29, 1.82) is 0 Å². The van der Waals surface area contributed by atoms with E-state index in [1.165, 1.54) is 17.5 Å². The smallest absolute Gasteiger partial charge is 0.494 e. The zero-order valence-electron chi connectivity index (χ0n) is 18.2. The van der Waals surface area contributed by atoms with Gasteiger partial charge in [-0.05, 0) is 66.1 Å². The number of aromatic nitrogens is 3. The Morgan fingerprint density at radius 1 is 1.27 bits per heavy atom. The van der Waals surface area contributed by atoms with Crippen LogP contribution in [0, 0.1) is 17.8 Å². The normalized spacial score (nSPS) is 13.2. The number of nitrogens with zero attached hydrogens (tertiary/aromatic N) is 4. The Balaban J connectivity index is 0.00000306. The molecule has 10 heteroatoms. The Labute approximate surface area is 244 Å². The zero-order chi connectivity index (χ0) is 22.5. The summed E-state index contributed by atoms with van der Waals surface area (Å²) >= 11 is 7.53. The van der Waals surface area contributed by atoms with Crippen LogP contribution in [-0.2, 0) is 0 Å². The molecule has 0 spiro atoms. The summed E-state index contributed by atoms with van der Waals surface area (Å²) in [4.78, 5) is 4.11. The molecule has 33 heavy (non-hydrogen) atoms. The minimum absolute atomic E-state index is 0. The molecule has 3 aromatic rings. The van der Waals surface area contributed by atoms with Gasteiger partial charge in [-0.15, -0.1) is 11.3 Å². The molecule has 1 fully saturated rings. The SMILES string of the molecule is COc1cnc(Cl)cc1-c1cc(/C(N)=C/C=C\N)ccc1[N-]c1nnc(C#CC2CC2)s1.[K+]. The van der Waals surface area contributed by atoms with Gasteiger partial charge >= 0.3 is 51.4 Å². The number of benzene rings is 1. The molecule has 0 unspecified atom stereocenters. The minimum atomic E-state index is 0. The van der Waals surface area contributed by atoms with Gasteiger partial charge in [0.15, 0.2) is 5.01 Å². The molecule has 0 aliphatic heterocycles. The average molecular weight is 503 g/mol. The summed E-state index contributed by atoms with van der Waals surface area (Å²) in [5.41, 5.74) is 15.1. The predicted molar refractivity (Wildman–Crippen MR) is 129 cm³/mol. The fourth-order valence-electron chi connectivity index (χ4n) is 2.88. The van der Waals surface area contributed by atoms with Crippen molar-refractivity contribution < 1.29 is 56.1 Å². The van der Waals surface area contributed by atoms with Crippen molar-refractivity contribution in [2.24, 2.45) is 17.4 Å². The van der Waals surface area contributed by atoms with Crippen LogP contribution in [-0.4, -0.2) is 22.3 Å². The Morgan fingerprint density at radius 2 is 2.09 bits per heavy atom. The van der Waals surface area contributed by atoms with Crippen molar-refractivity contribution in [3.8, 4) is 28.7 Å². The van der Waals surface area contributed by atoms with Crippen molar-refractivity contribution in [3.05, 3.63) is 69.9 Å². The second-order valence-corrected chi connectivity index (χ2v) is 8.33. The molecule has 0 atom stereocenters. The fourth-order valence-corrected chi connectivity index (χ4v) is 3.63. The molecular formula is C23H20ClKN6OS. The molecular weight excluding hydrogens is 483 g/mol. The number of ether oxygens (including phenoxy) is 1. The van der Waals surface area contributed by atoms with Crippen molar-refractivity contribution >= 4 is 39.5 Å². The molecule has 0 bridgehead atoms. The molecule has 2 aromatic heterocycles. The second kappa shape index (κ2) is 12.0. The standard InChI is InChI=1S/C23H20ClN6OS.K/c1-31-20-13-27-21(24)12-17(20)16-11-15(18(26)3-2-10-25)7-8-19(16)28-23-30-29-22(32-23)9-6-14-4-5-14;/h2-3,7-8,10-14H,4-5,25-26H2,1H3;/q-1;+1/b10-2-,18-3-;. The Morgan fingerprint density at radius 3 is 2.82 bits per heavy atom. The van der Waals surface area contributed by atoms with E-state index in [0.717, 1.165) is 29.5 Å². The number of hydrogen-bond acceptors (Lipinski definition) is 7. The molecule has 162 valence electrons. The predicted octanol–water partition coefficient (Wildman–Crippen LogP) is 2.14. The first-order chi connectivity index (χ1) is 15.6. The summed E-state index contributed by atoms with van der Waals surface area (Å²) in [7, 11) is 1.57. The Bertz CT molecular complexity index is 1260. The number of allylic oxidation sites excluding steroid dienone is 2. The number of rotatable bonds is 6. The maximum absolute atomic E-state index is 6.22. The molecule has 4 rings (SSSR count). The van der Waals surface area contributed by atoms with E-state index in [2.05, 4.69) is 27.0 Å². The van der Waals surface area contributed by atoms with E-state index in [0.29, 0.717) is 38.3 Å². The van der Waals surface area contributed by atoms with E-state index in [1.54, 1.807) is 31.5 Å². The van der Waals surface area contributed by atoms with Gasteiger partial charge in [0, 0.05) is 22.3 Å². The van der Waals surface area contributed by atoms with E-state index in [9.17, 15) is 0 Å². The summed E-state index contributed by atoms with van der Waals surface area (Å²) in [6, 6.07) is 7.38. The Hall–Kier alpha value is -1.90. The third-order valence-electron chi connectivity index (χ3n) is 4.65. The van der Waals surface area contributed by atoms with Gasteiger partial charge in [0.2, 0.25) is 0 Å². The summed E-state index contributed by atoms with van der Waals surface area (Å²) in [5, 5.41) is 14.5. The second-order valence-electron chi connectivity index (χ2n) is 6.99. The third-order valence-corrected chi connectivity index (χ3v) is 5.59. The van der Waals surface area contributed by atoms with Crippen LogP contribution in [0.25, 0.3) is 22.1 Å². The number of nitrogens with two attached hydrogens (primary N) is 2. The molecule has 0 saturated heterocycles. The number of pyridine rings is 1. The first-order valence-corrected chi connectivity index (χ1v) is 11.0. The quantitative estimate of drug-likeness (QED) is 0.231. The first-order valence-electron chi connectivity index (χ1n) is 9.82. The van der Waals surface area contributed by atoms with Crippen molar-refractivity contribution in [3.63, 3.8) is 0 Å². The summed E-state index contributed by atoms with van der Waals surface area (Å²) < 4.78 is 5.51. The van der Waals surface area contributed by atoms with Gasteiger partial charge in [0.25, 0.3) is 0 Å². The summed E-state index contributed by atoms with van der Waals surface area (Å²) in [6.45, 7) is 0. The molecule has 0 amide bonds. The van der Waals surface area contributed by atoms with E-state index < -0.39 is 0 Å². The van der Waals surface area contributed by atoms with Gasteiger partial charge in [0.05, 0.1) is 13.3 Å². The van der Waals surface area contributed by atoms with Crippen LogP contribution in [0.5, 0.6) is 5.75 Å². The van der Waals surface area contributed by atoms with E-state index in [4.69, 9.17) is 33.1 Å². The molecule has 1 aliphatic rings. The molecule has 2 heterocycles. The molecule has 1 saturated carbocycles. The minimum Gasteiger partial charge on any atom is -0.494 e. The number of halogens is 1. The van der Waals surface area contributed by atoms with Crippen LogP contribution in [0.2, 0.25) is 5.15 Å². The van der Waals surface area contributed by atoms with Crippen molar-refractivity contribution in [1.82, 2.24) is 15.2 Å². The van der Waals surface area contributed by atoms with Crippen LogP contribution in [0.1, 0.15) is 23.4 Å². The topological polar surface area (TPSA) is 114 Å². The maximum atomic E-state index is 6.22. The molecule has 0 radical (unpaired) electrons. The molecule has 1 aromatic carbocycles. The van der Waals surface area contributed by atoms with Crippen LogP contribution >= 0.6 is 22.9 Å². The summed E-state index contributed by atoms with van der Waals surface area (Å²) in [6.07, 6.45) is 8.70. The van der Waals surface area contributed by atoms with Crippen LogP contribution < -0.4 is 67.6 Å². The monoisotopic (exact) mass is 502 g/mol. The van der Waals surface area contributed by atoms with Gasteiger partial charge in [0.1, 0.15) is 10.9 Å². The van der Waals surface area contributed by atoms with E-state index in [1.807, 2.05) is 18.2 Å². The largest absolute Gasteiger partial charge is 1.00 e. The third kappa shape index (κ3) is 6.80. The van der Waals surface area contributed by atoms with Gasteiger partial charge in [-0.1, -0.05) is 29.7 Å². The van der Waals surface area contributed by atoms with Crippen molar-refractivity contribution in [2.45, 2.75) is 12.8 Å². The first kappa shape index (κ1) is 25.7. The average Bonchev–Trinajstić information content (AvgIpc) is 3.54. The number of methoxy groups -OCH3 is 1. The van der Waals surface area contributed by atoms with Crippen molar-refractivity contribution in [2.75, 3.05) is 7.11 Å². The Kier molecular flexibility index (Phi) is 9.34. The van der Waals surface area contributed by atoms with Gasteiger partial charge < -0.3 is 26.6 Å². The maximum Gasteiger partial charge on any atom is 1.00 e. The fraction of sp³-hybridized carbons (Fsp3) is 0.174. The van der Waals surface area contributed by atoms with E-state index >= 15 is 0 Å². The van der Waals surface area contributed by atoms with E-state index in [-0.39, 0.29) is 51.4 Å². The zero-order valence-corrected chi connectivity index (χ0v) is 22.9. The van der Waals surface area contributed by atoms with Gasteiger partial charge in [-0.2, -0.15) is 0 Å². The molecule has 7 nitrogen and oxygen atoms in total. The summed E-state index contributed by atoms with van der Waals surface area (Å²) in [5.74, 6) is 7.32. The van der Waals surface area contributed by atoms with Crippen LogP contribution in [0.3, 0.4) is 0 Å². The molecule has 1 aliphatic carbocycles. The van der Waals surface area contributed by atoms with Gasteiger partial charge in [-0.3, -0.25) is 0 Å². The molecule has 4 N–H and O–H groups in total. The van der Waals surface area contributed by atoms with Gasteiger partial charge in [-0.25, -0.2) is 10.1 Å². The number of hydrogen-bond donors (Lipinski definition) is 2.